The molecule has 0 amide bonds. The third-order valence-corrected chi connectivity index (χ3v) is 5.14. The lowest BCUT2D eigenvalue weighted by Crippen LogP contribution is -2.56. The number of nitrogens with zero attached hydrogens (tertiary/aromatic N) is 2. The van der Waals surface area contributed by atoms with Crippen LogP contribution in [0.3, 0.4) is 0 Å². The Kier molecular flexibility index (Phi) is 6.16. The molecule has 2 heterocycles. The molecule has 142 valence electrons. The molecule has 0 unspecified atom stereocenters. The molecule has 6 nitrogen and oxygen atoms in total. The highest BCUT2D eigenvalue weighted by atomic mass is 16.5. The van der Waals surface area contributed by atoms with Crippen molar-refractivity contribution in [3.8, 4) is 0 Å². The van der Waals surface area contributed by atoms with Crippen LogP contribution in [0.1, 0.15) is 19.4 Å². The number of aromatic nitrogens is 1. The van der Waals surface area contributed by atoms with Crippen molar-refractivity contribution >= 4 is 16.9 Å². The second-order valence-corrected chi connectivity index (χ2v) is 7.37. The summed E-state index contributed by atoms with van der Waals surface area (Å²) >= 11 is 0. The topological polar surface area (TPSA) is 64.7 Å². The van der Waals surface area contributed by atoms with Crippen LogP contribution >= 0.6 is 0 Å². The molecule has 1 aliphatic heterocycles. The predicted molar refractivity (Wildman–Crippen MR) is 108 cm³/mol. The van der Waals surface area contributed by atoms with Crippen LogP contribution in [0.2, 0.25) is 0 Å². The smallest absolute Gasteiger partial charge is 0.191 e. The zero-order valence-electron chi connectivity index (χ0n) is 16.1. The van der Waals surface area contributed by atoms with Crippen LogP contribution in [0.25, 0.3) is 10.9 Å². The van der Waals surface area contributed by atoms with Crippen LogP contribution in [-0.2, 0) is 11.2 Å². The van der Waals surface area contributed by atoms with Gasteiger partial charge in [0.25, 0.3) is 0 Å². The van der Waals surface area contributed by atoms with Crippen LogP contribution in [0.15, 0.2) is 35.5 Å². The standard InChI is InChI=1S/C20H31N5O/c1-20(2,25-10-12-26-13-11-25)15-24-19(21-3)22-9-8-16-14-23-18-7-5-4-6-17(16)18/h4-7,14,23H,8-13,15H2,1-3H3,(H2,21,22,24). The molecule has 3 N–H and O–H groups in total. The highest BCUT2D eigenvalue weighted by molar-refractivity contribution is 5.83. The summed E-state index contributed by atoms with van der Waals surface area (Å²) in [7, 11) is 1.82. The molecule has 1 fully saturated rings. The number of morpholine rings is 1. The Bertz CT molecular complexity index is 731. The monoisotopic (exact) mass is 357 g/mol. The van der Waals surface area contributed by atoms with E-state index in [4.69, 9.17) is 4.74 Å². The number of aromatic amines is 1. The number of rotatable bonds is 6. The van der Waals surface area contributed by atoms with Crippen LogP contribution < -0.4 is 10.6 Å². The van der Waals surface area contributed by atoms with Gasteiger partial charge in [-0.1, -0.05) is 18.2 Å². The van der Waals surface area contributed by atoms with Gasteiger partial charge in [0.15, 0.2) is 5.96 Å². The molecule has 1 aromatic carbocycles. The Hall–Kier alpha value is -2.05. The number of hydrogen-bond donors (Lipinski definition) is 3. The summed E-state index contributed by atoms with van der Waals surface area (Å²) in [6, 6.07) is 8.42. The summed E-state index contributed by atoms with van der Waals surface area (Å²) in [5.41, 5.74) is 2.59. The summed E-state index contributed by atoms with van der Waals surface area (Å²) in [4.78, 5) is 10.2. The molecular formula is C20H31N5O. The van der Waals surface area contributed by atoms with E-state index in [1.807, 2.05) is 7.05 Å². The van der Waals surface area contributed by atoms with Crippen molar-refractivity contribution in [1.29, 1.82) is 0 Å². The van der Waals surface area contributed by atoms with Gasteiger partial charge >= 0.3 is 0 Å². The van der Waals surface area contributed by atoms with E-state index in [-0.39, 0.29) is 5.54 Å². The Morgan fingerprint density at radius 2 is 2.00 bits per heavy atom. The quantitative estimate of drug-likeness (QED) is 0.546. The summed E-state index contributed by atoms with van der Waals surface area (Å²) in [5.74, 6) is 0.853. The fraction of sp³-hybridized carbons (Fsp3) is 0.550. The van der Waals surface area contributed by atoms with Crippen LogP contribution in [0.5, 0.6) is 0 Å². The van der Waals surface area contributed by atoms with E-state index in [1.165, 1.54) is 16.5 Å². The Morgan fingerprint density at radius 1 is 1.23 bits per heavy atom. The summed E-state index contributed by atoms with van der Waals surface area (Å²) in [6.45, 7) is 9.85. The van der Waals surface area contributed by atoms with E-state index >= 15 is 0 Å². The average Bonchev–Trinajstić information content (AvgIpc) is 3.08. The second-order valence-electron chi connectivity index (χ2n) is 7.37. The third kappa shape index (κ3) is 4.56. The first kappa shape index (κ1) is 18.7. The maximum Gasteiger partial charge on any atom is 0.191 e. The molecular weight excluding hydrogens is 326 g/mol. The predicted octanol–water partition coefficient (Wildman–Crippen LogP) is 1.99. The molecule has 0 atom stereocenters. The number of hydrogen-bond acceptors (Lipinski definition) is 3. The molecule has 1 aromatic heterocycles. The van der Waals surface area contributed by atoms with Gasteiger partial charge in [-0.05, 0) is 31.9 Å². The van der Waals surface area contributed by atoms with Crippen molar-refractivity contribution in [2.45, 2.75) is 25.8 Å². The van der Waals surface area contributed by atoms with E-state index in [1.54, 1.807) is 0 Å². The van der Waals surface area contributed by atoms with E-state index in [0.29, 0.717) is 0 Å². The van der Waals surface area contributed by atoms with Gasteiger partial charge in [-0.25, -0.2) is 0 Å². The highest BCUT2D eigenvalue weighted by Crippen LogP contribution is 2.18. The lowest BCUT2D eigenvalue weighted by molar-refractivity contribution is -0.00833. The molecule has 6 heteroatoms. The van der Waals surface area contributed by atoms with Gasteiger partial charge in [0.1, 0.15) is 0 Å². The number of fused-ring (bicyclic) bond motifs is 1. The lowest BCUT2D eigenvalue weighted by Gasteiger charge is -2.41. The molecule has 3 rings (SSSR count). The van der Waals surface area contributed by atoms with Crippen molar-refractivity contribution in [1.82, 2.24) is 20.5 Å². The second kappa shape index (κ2) is 8.56. The maximum atomic E-state index is 5.46. The Balaban J connectivity index is 1.47. The summed E-state index contributed by atoms with van der Waals surface area (Å²) < 4.78 is 5.46. The molecule has 2 aromatic rings. The van der Waals surface area contributed by atoms with Crippen molar-refractivity contribution < 1.29 is 4.74 Å². The molecule has 0 saturated carbocycles. The number of para-hydroxylation sites is 1. The third-order valence-electron chi connectivity index (χ3n) is 5.14. The minimum Gasteiger partial charge on any atom is -0.379 e. The first-order valence-corrected chi connectivity index (χ1v) is 9.42. The average molecular weight is 358 g/mol. The van der Waals surface area contributed by atoms with Gasteiger partial charge < -0.3 is 20.4 Å². The van der Waals surface area contributed by atoms with Crippen LogP contribution in [0, 0.1) is 0 Å². The zero-order chi connectivity index (χ0) is 18.4. The van der Waals surface area contributed by atoms with Crippen molar-refractivity contribution in [2.75, 3.05) is 46.4 Å². The number of H-pyrrole nitrogens is 1. The minimum atomic E-state index is 0.0677. The number of ether oxygens (including phenoxy) is 1. The molecule has 1 aliphatic rings. The van der Waals surface area contributed by atoms with Crippen molar-refractivity contribution in [3.05, 3.63) is 36.0 Å². The zero-order valence-corrected chi connectivity index (χ0v) is 16.1. The number of guanidine groups is 1. The molecule has 0 aliphatic carbocycles. The van der Waals surface area contributed by atoms with Gasteiger partial charge in [-0.2, -0.15) is 0 Å². The fourth-order valence-corrected chi connectivity index (χ4v) is 3.46. The fourth-order valence-electron chi connectivity index (χ4n) is 3.46. The van der Waals surface area contributed by atoms with Crippen LogP contribution in [-0.4, -0.2) is 67.8 Å². The molecule has 0 radical (unpaired) electrons. The lowest BCUT2D eigenvalue weighted by atomic mass is 10.0. The van der Waals surface area contributed by atoms with Gasteiger partial charge in [-0.15, -0.1) is 0 Å². The van der Waals surface area contributed by atoms with Crippen molar-refractivity contribution in [2.24, 2.45) is 4.99 Å². The summed E-state index contributed by atoms with van der Waals surface area (Å²) in [5, 5.41) is 8.20. The largest absolute Gasteiger partial charge is 0.379 e. The normalized spacial score (nSPS) is 16.8. The van der Waals surface area contributed by atoms with E-state index < -0.39 is 0 Å². The van der Waals surface area contributed by atoms with Gasteiger partial charge in [-0.3, -0.25) is 9.89 Å². The molecule has 0 spiro atoms. The van der Waals surface area contributed by atoms with E-state index in [9.17, 15) is 0 Å². The first-order chi connectivity index (χ1) is 12.6. The molecule has 0 bridgehead atoms. The highest BCUT2D eigenvalue weighted by Gasteiger charge is 2.28. The number of nitrogens with one attached hydrogen (secondary N) is 3. The maximum absolute atomic E-state index is 5.46. The molecule has 1 saturated heterocycles. The summed E-state index contributed by atoms with van der Waals surface area (Å²) in [6.07, 6.45) is 3.06. The minimum absolute atomic E-state index is 0.0677. The Labute approximate surface area is 156 Å². The van der Waals surface area contributed by atoms with Gasteiger partial charge in [0.2, 0.25) is 0 Å². The van der Waals surface area contributed by atoms with Crippen molar-refractivity contribution in [3.63, 3.8) is 0 Å². The Morgan fingerprint density at radius 3 is 2.77 bits per heavy atom. The first-order valence-electron chi connectivity index (χ1n) is 9.42. The van der Waals surface area contributed by atoms with Gasteiger partial charge in [0, 0.05) is 55.9 Å². The SMILES string of the molecule is CN=C(NCCc1c[nH]c2ccccc12)NCC(C)(C)N1CCOCC1. The van der Waals surface area contributed by atoms with Crippen LogP contribution in [0.4, 0.5) is 0 Å². The van der Waals surface area contributed by atoms with E-state index in [0.717, 1.165) is 51.8 Å². The number of aliphatic imine (C=N–C) groups is 1. The number of benzene rings is 1. The molecule has 26 heavy (non-hydrogen) atoms. The van der Waals surface area contributed by atoms with E-state index in [2.05, 4.69) is 69.8 Å². The van der Waals surface area contributed by atoms with Gasteiger partial charge in [0.05, 0.1) is 13.2 Å².